The van der Waals surface area contributed by atoms with Gasteiger partial charge in [-0.25, -0.2) is 15.2 Å². The molecule has 0 aromatic carbocycles. The van der Waals surface area contributed by atoms with Crippen LogP contribution in [-0.2, 0) is 24.0 Å². The minimum atomic E-state index is -0.544. The van der Waals surface area contributed by atoms with Crippen LogP contribution in [-0.4, -0.2) is 125 Å². The molecule has 0 saturated heterocycles. The van der Waals surface area contributed by atoms with Crippen LogP contribution < -0.4 is 10.6 Å². The number of nitrogens with zero attached hydrogens (tertiary/aromatic N) is 4. The predicted octanol–water partition coefficient (Wildman–Crippen LogP) is 1.67. The van der Waals surface area contributed by atoms with E-state index in [0.29, 0.717) is 66.8 Å². The van der Waals surface area contributed by atoms with Crippen LogP contribution in [0.1, 0.15) is 90.4 Å². The lowest BCUT2D eigenvalue weighted by Crippen LogP contribution is -2.35. The third-order valence-corrected chi connectivity index (χ3v) is 6.51. The summed E-state index contributed by atoms with van der Waals surface area (Å²) in [4.78, 5) is 58.8. The highest BCUT2D eigenvalue weighted by Crippen LogP contribution is 2.05. The van der Waals surface area contributed by atoms with Gasteiger partial charge in [-0.1, -0.05) is 0 Å². The van der Waals surface area contributed by atoms with Crippen LogP contribution in [0.3, 0.4) is 0 Å². The normalized spacial score (nSPS) is 11.1. The van der Waals surface area contributed by atoms with Gasteiger partial charge in [0.05, 0.1) is 27.7 Å². The molecule has 0 aliphatic rings. The van der Waals surface area contributed by atoms with Crippen molar-refractivity contribution in [3.8, 4) is 0 Å². The smallest absolute Gasteiger partial charge is 0.246 e. The molecule has 0 aromatic rings. The quantitative estimate of drug-likeness (QED) is 0.0478. The predicted molar refractivity (Wildman–Crippen MR) is 155 cm³/mol. The fourth-order valence-corrected chi connectivity index (χ4v) is 3.89. The number of carbonyl (C=O) groups excluding carboxylic acids is 5. The van der Waals surface area contributed by atoms with Gasteiger partial charge in [-0.15, -0.1) is 0 Å². The van der Waals surface area contributed by atoms with Crippen LogP contribution in [0.4, 0.5) is 0 Å². The average molecular weight is 604 g/mol. The summed E-state index contributed by atoms with van der Waals surface area (Å²) in [5, 5.41) is 36.4. The third kappa shape index (κ3) is 22.8. The van der Waals surface area contributed by atoms with Crippen molar-refractivity contribution in [2.75, 3.05) is 60.4 Å². The summed E-state index contributed by atoms with van der Waals surface area (Å²) >= 11 is 0. The van der Waals surface area contributed by atoms with E-state index >= 15 is 0 Å². The summed E-state index contributed by atoms with van der Waals surface area (Å²) in [6.45, 7) is 3.73. The highest BCUT2D eigenvalue weighted by atomic mass is 16.5. The van der Waals surface area contributed by atoms with Crippen LogP contribution in [0, 0.1) is 0 Å². The van der Waals surface area contributed by atoms with Crippen molar-refractivity contribution in [3.63, 3.8) is 0 Å². The van der Waals surface area contributed by atoms with Crippen molar-refractivity contribution in [3.05, 3.63) is 0 Å². The van der Waals surface area contributed by atoms with Gasteiger partial charge in [0.25, 0.3) is 0 Å². The molecule has 0 unspecified atom stereocenters. The molecule has 0 aromatic heterocycles. The molecule has 0 rings (SSSR count). The largest absolute Gasteiger partial charge is 0.356 e. The lowest BCUT2D eigenvalue weighted by atomic mass is 10.2. The molecular formula is C28H55N6O8+. The van der Waals surface area contributed by atoms with E-state index in [1.807, 2.05) is 0 Å². The van der Waals surface area contributed by atoms with Gasteiger partial charge in [0.1, 0.15) is 0 Å². The summed E-state index contributed by atoms with van der Waals surface area (Å²) in [6, 6.07) is 0. The zero-order chi connectivity index (χ0) is 32.0. The number of rotatable bonds is 24. The van der Waals surface area contributed by atoms with Crippen LogP contribution >= 0.6 is 0 Å². The zero-order valence-electron chi connectivity index (χ0n) is 26.1. The number of amides is 5. The Morgan fingerprint density at radius 3 is 1.31 bits per heavy atom. The Hall–Kier alpha value is -2.81. The summed E-state index contributed by atoms with van der Waals surface area (Å²) in [6.07, 6.45) is 6.23. The topological polar surface area (TPSA) is 180 Å². The van der Waals surface area contributed by atoms with E-state index in [0.717, 1.165) is 30.3 Å². The molecule has 5 N–H and O–H groups in total. The second-order valence-electron chi connectivity index (χ2n) is 11.6. The maximum absolute atomic E-state index is 12.0. The molecule has 0 aliphatic carbocycles. The van der Waals surface area contributed by atoms with E-state index < -0.39 is 17.7 Å². The molecule has 0 atom stereocenters. The Labute approximate surface area is 250 Å². The van der Waals surface area contributed by atoms with Crippen molar-refractivity contribution in [2.45, 2.75) is 90.4 Å². The molecule has 14 nitrogen and oxygen atoms in total. The van der Waals surface area contributed by atoms with E-state index in [9.17, 15) is 39.6 Å². The molecule has 0 saturated carbocycles. The average Bonchev–Trinajstić information content (AvgIpc) is 2.92. The molecule has 244 valence electrons. The number of hydroxylamine groups is 6. The summed E-state index contributed by atoms with van der Waals surface area (Å²) < 4.78 is 0.875. The van der Waals surface area contributed by atoms with Gasteiger partial charge in [0.15, 0.2) is 0 Å². The Bertz CT molecular complexity index is 821. The van der Waals surface area contributed by atoms with E-state index in [1.165, 1.54) is 6.92 Å². The summed E-state index contributed by atoms with van der Waals surface area (Å²) in [5.74, 6) is -2.00. The first-order valence-corrected chi connectivity index (χ1v) is 15.0. The minimum Gasteiger partial charge on any atom is -0.356 e. The molecular weight excluding hydrogens is 548 g/mol. The van der Waals surface area contributed by atoms with Gasteiger partial charge in [-0.05, 0) is 57.8 Å². The highest BCUT2D eigenvalue weighted by molar-refractivity contribution is 5.83. The molecule has 0 bridgehead atoms. The number of hydrogen-bond donors (Lipinski definition) is 5. The first-order chi connectivity index (χ1) is 19.7. The number of nitrogens with one attached hydrogen (secondary N) is 2. The van der Waals surface area contributed by atoms with E-state index in [1.54, 1.807) is 0 Å². The van der Waals surface area contributed by atoms with Gasteiger partial charge in [0, 0.05) is 65.3 Å². The highest BCUT2D eigenvalue weighted by Gasteiger charge is 2.15. The van der Waals surface area contributed by atoms with E-state index in [4.69, 9.17) is 0 Å². The van der Waals surface area contributed by atoms with Gasteiger partial charge >= 0.3 is 0 Å². The standard InChI is InChI=1S/C28H54N6O8/c1-24(35)31(40)20-10-5-8-18-29-25(36)14-16-27(38)32(41)21-11-6-9-19-30-26(37)15-17-28(39)33(42)22-12-7-13-23-34(2,3)4/h40-42H,5-23H2,1-4H3,(H-,29,30,36,37)/p+1. The lowest BCUT2D eigenvalue weighted by Gasteiger charge is -2.23. The first-order valence-electron chi connectivity index (χ1n) is 15.0. The number of unbranched alkanes of at least 4 members (excludes halogenated alkanes) is 6. The molecule has 14 heteroatoms. The van der Waals surface area contributed by atoms with E-state index in [2.05, 4.69) is 31.8 Å². The number of carbonyl (C=O) groups is 5. The molecule has 0 radical (unpaired) electrons. The fraction of sp³-hybridized carbons (Fsp3) is 0.821. The van der Waals surface area contributed by atoms with Gasteiger partial charge in [0.2, 0.25) is 29.5 Å². The van der Waals surface area contributed by atoms with Crippen molar-refractivity contribution < 1.29 is 44.1 Å². The lowest BCUT2D eigenvalue weighted by molar-refractivity contribution is -0.870. The van der Waals surface area contributed by atoms with E-state index in [-0.39, 0.29) is 57.1 Å². The summed E-state index contributed by atoms with van der Waals surface area (Å²) in [5.41, 5.74) is 0. The van der Waals surface area contributed by atoms with Crippen LogP contribution in [0.25, 0.3) is 0 Å². The molecule has 42 heavy (non-hydrogen) atoms. The summed E-state index contributed by atoms with van der Waals surface area (Å²) in [7, 11) is 6.35. The molecule has 0 heterocycles. The van der Waals surface area contributed by atoms with Gasteiger partial charge in [-0.3, -0.25) is 39.6 Å². The monoisotopic (exact) mass is 603 g/mol. The van der Waals surface area contributed by atoms with Crippen molar-refractivity contribution >= 4 is 29.5 Å². The van der Waals surface area contributed by atoms with Crippen LogP contribution in [0.15, 0.2) is 0 Å². The van der Waals surface area contributed by atoms with Crippen molar-refractivity contribution in [2.24, 2.45) is 0 Å². The Kier molecular flexibility index (Phi) is 21.2. The van der Waals surface area contributed by atoms with Gasteiger partial charge < -0.3 is 15.1 Å². The minimum absolute atomic E-state index is 0.00648. The molecule has 0 aliphatic heterocycles. The maximum atomic E-state index is 12.0. The Morgan fingerprint density at radius 1 is 0.548 bits per heavy atom. The van der Waals surface area contributed by atoms with Crippen LogP contribution in [0.5, 0.6) is 0 Å². The third-order valence-electron chi connectivity index (χ3n) is 6.51. The first kappa shape index (κ1) is 39.2. The van der Waals surface area contributed by atoms with Crippen molar-refractivity contribution in [1.82, 2.24) is 25.8 Å². The maximum Gasteiger partial charge on any atom is 0.246 e. The number of hydrogen-bond acceptors (Lipinski definition) is 8. The fourth-order valence-electron chi connectivity index (χ4n) is 3.89. The molecule has 0 fully saturated rings. The Balaban J connectivity index is 3.78. The molecule has 0 spiro atoms. The second-order valence-corrected chi connectivity index (χ2v) is 11.6. The van der Waals surface area contributed by atoms with Crippen molar-refractivity contribution in [1.29, 1.82) is 0 Å². The second kappa shape index (κ2) is 22.7. The van der Waals surface area contributed by atoms with Crippen LogP contribution in [0.2, 0.25) is 0 Å². The zero-order valence-corrected chi connectivity index (χ0v) is 26.1. The molecule has 5 amide bonds. The number of quaternary nitrogens is 1. The Morgan fingerprint density at radius 2 is 0.929 bits per heavy atom. The SMILES string of the molecule is CC(=O)N(O)CCCCCNC(=O)CCC(=O)N(O)CCCCCNC(=O)CCC(=O)N(O)CCCCC[N+](C)(C)C. The van der Waals surface area contributed by atoms with Gasteiger partial charge in [-0.2, -0.15) is 0 Å².